The number of nitrogen functional groups attached to an aromatic ring is 1. The number of nitrogens with zero attached hydrogens (tertiary/aromatic N) is 1. The smallest absolute Gasteiger partial charge is 0.167 e. The molecule has 2 aromatic rings. The summed E-state index contributed by atoms with van der Waals surface area (Å²) in [6.45, 7) is 0. The quantitative estimate of drug-likeness (QED) is 0.828. The summed E-state index contributed by atoms with van der Waals surface area (Å²) in [7, 11) is 1.65. The minimum absolute atomic E-state index is 0.403. The summed E-state index contributed by atoms with van der Waals surface area (Å²) in [5, 5.41) is 3.63. The van der Waals surface area contributed by atoms with Crippen molar-refractivity contribution in [2.24, 2.45) is 0 Å². The van der Waals surface area contributed by atoms with Gasteiger partial charge in [0.2, 0.25) is 0 Å². The van der Waals surface area contributed by atoms with Gasteiger partial charge < -0.3 is 15.0 Å². The molecule has 0 aliphatic heterocycles. The number of anilines is 1. The largest absolute Gasteiger partial charge is 0.496 e. The number of rotatable bonds is 3. The first kappa shape index (κ1) is 9.58. The Balaban J connectivity index is 2.23. The van der Waals surface area contributed by atoms with Gasteiger partial charge in [-0.2, -0.15) is 0 Å². The van der Waals surface area contributed by atoms with Crippen molar-refractivity contribution in [1.82, 2.24) is 5.16 Å². The molecule has 0 saturated carbocycles. The molecule has 4 heteroatoms. The molecule has 0 atom stereocenters. The number of para-hydroxylation sites is 1. The van der Waals surface area contributed by atoms with Crippen LogP contribution in [0.25, 0.3) is 0 Å². The average molecular weight is 204 g/mol. The van der Waals surface area contributed by atoms with Crippen LogP contribution in [0.4, 0.5) is 5.82 Å². The molecule has 0 aliphatic rings. The summed E-state index contributed by atoms with van der Waals surface area (Å²) < 4.78 is 10.3. The van der Waals surface area contributed by atoms with E-state index >= 15 is 0 Å². The zero-order chi connectivity index (χ0) is 10.7. The van der Waals surface area contributed by atoms with E-state index in [4.69, 9.17) is 15.0 Å². The Morgan fingerprint density at radius 2 is 2.20 bits per heavy atom. The van der Waals surface area contributed by atoms with Gasteiger partial charge in [-0.05, 0) is 6.07 Å². The normalized spacial score (nSPS) is 10.2. The third-order valence-corrected chi connectivity index (χ3v) is 2.13. The Hall–Kier alpha value is -1.97. The standard InChI is InChI=1S/C11H12N2O2/c1-14-10-5-3-2-4-8(10)6-9-7-11(12)13-15-9/h2-5,7H,6H2,1H3,(H2,12,13). The van der Waals surface area contributed by atoms with Crippen molar-refractivity contribution in [2.45, 2.75) is 6.42 Å². The molecule has 0 radical (unpaired) electrons. The molecule has 2 rings (SSSR count). The first-order valence-electron chi connectivity index (χ1n) is 4.62. The van der Waals surface area contributed by atoms with Crippen LogP contribution in [0.3, 0.4) is 0 Å². The SMILES string of the molecule is COc1ccccc1Cc1cc(N)no1. The number of methoxy groups -OCH3 is 1. The molecular weight excluding hydrogens is 192 g/mol. The van der Waals surface area contributed by atoms with E-state index in [1.54, 1.807) is 13.2 Å². The molecule has 4 nitrogen and oxygen atoms in total. The van der Waals surface area contributed by atoms with Gasteiger partial charge in [0, 0.05) is 18.1 Å². The zero-order valence-corrected chi connectivity index (χ0v) is 8.43. The van der Waals surface area contributed by atoms with Gasteiger partial charge in [-0.25, -0.2) is 0 Å². The fourth-order valence-electron chi connectivity index (χ4n) is 1.45. The Morgan fingerprint density at radius 3 is 2.87 bits per heavy atom. The summed E-state index contributed by atoms with van der Waals surface area (Å²) in [5.41, 5.74) is 6.52. The minimum Gasteiger partial charge on any atom is -0.496 e. The second kappa shape index (κ2) is 4.04. The molecule has 0 fully saturated rings. The van der Waals surface area contributed by atoms with Crippen LogP contribution in [0, 0.1) is 0 Å². The van der Waals surface area contributed by atoms with Crippen LogP contribution in [-0.2, 0) is 6.42 Å². The maximum atomic E-state index is 5.47. The zero-order valence-electron chi connectivity index (χ0n) is 8.43. The van der Waals surface area contributed by atoms with Gasteiger partial charge in [0.25, 0.3) is 0 Å². The highest BCUT2D eigenvalue weighted by atomic mass is 16.5. The number of nitrogens with two attached hydrogens (primary N) is 1. The van der Waals surface area contributed by atoms with E-state index in [1.807, 2.05) is 24.3 Å². The molecule has 0 amide bonds. The van der Waals surface area contributed by atoms with Crippen molar-refractivity contribution < 1.29 is 9.26 Å². The lowest BCUT2D eigenvalue weighted by Gasteiger charge is -2.05. The van der Waals surface area contributed by atoms with Crippen molar-refractivity contribution in [3.8, 4) is 5.75 Å². The summed E-state index contributed by atoms with van der Waals surface area (Å²) in [6.07, 6.45) is 0.633. The summed E-state index contributed by atoms with van der Waals surface area (Å²) in [4.78, 5) is 0. The lowest BCUT2D eigenvalue weighted by atomic mass is 10.1. The van der Waals surface area contributed by atoms with Crippen molar-refractivity contribution in [3.63, 3.8) is 0 Å². The first-order chi connectivity index (χ1) is 7.29. The van der Waals surface area contributed by atoms with Crippen LogP contribution in [-0.4, -0.2) is 12.3 Å². The Labute approximate surface area is 87.6 Å². The summed E-state index contributed by atoms with van der Waals surface area (Å²) in [5.74, 6) is 1.98. The third-order valence-electron chi connectivity index (χ3n) is 2.13. The number of benzene rings is 1. The minimum atomic E-state index is 0.403. The topological polar surface area (TPSA) is 61.3 Å². The molecule has 0 saturated heterocycles. The van der Waals surface area contributed by atoms with Crippen LogP contribution in [0.15, 0.2) is 34.9 Å². The van der Waals surface area contributed by atoms with Crippen LogP contribution in [0.5, 0.6) is 5.75 Å². The lowest BCUT2D eigenvalue weighted by molar-refractivity contribution is 0.385. The van der Waals surface area contributed by atoms with E-state index in [2.05, 4.69) is 5.16 Å². The molecular formula is C11H12N2O2. The summed E-state index contributed by atoms with van der Waals surface area (Å²) >= 11 is 0. The molecule has 2 N–H and O–H groups in total. The predicted molar refractivity (Wildman–Crippen MR) is 56.7 cm³/mol. The van der Waals surface area contributed by atoms with Crippen molar-refractivity contribution in [1.29, 1.82) is 0 Å². The highest BCUT2D eigenvalue weighted by Crippen LogP contribution is 2.21. The van der Waals surface area contributed by atoms with Gasteiger partial charge in [0.1, 0.15) is 11.5 Å². The van der Waals surface area contributed by atoms with Crippen molar-refractivity contribution in [3.05, 3.63) is 41.7 Å². The molecule has 1 heterocycles. The Kier molecular flexibility index (Phi) is 2.58. The van der Waals surface area contributed by atoms with Gasteiger partial charge in [0.05, 0.1) is 7.11 Å². The molecule has 1 aromatic carbocycles. The van der Waals surface area contributed by atoms with Crippen LogP contribution >= 0.6 is 0 Å². The first-order valence-corrected chi connectivity index (χ1v) is 4.62. The van der Waals surface area contributed by atoms with Gasteiger partial charge in [-0.3, -0.25) is 0 Å². The maximum absolute atomic E-state index is 5.47. The number of ether oxygens (including phenoxy) is 1. The number of hydrogen-bond donors (Lipinski definition) is 1. The van der Waals surface area contributed by atoms with E-state index in [1.165, 1.54) is 0 Å². The van der Waals surface area contributed by atoms with Gasteiger partial charge in [-0.15, -0.1) is 0 Å². The molecule has 0 bridgehead atoms. The fourth-order valence-corrected chi connectivity index (χ4v) is 1.45. The second-order valence-corrected chi connectivity index (χ2v) is 3.21. The Bertz CT molecular complexity index is 451. The van der Waals surface area contributed by atoms with Crippen molar-refractivity contribution >= 4 is 5.82 Å². The Morgan fingerprint density at radius 1 is 1.40 bits per heavy atom. The van der Waals surface area contributed by atoms with Gasteiger partial charge >= 0.3 is 0 Å². The number of aromatic nitrogens is 1. The predicted octanol–water partition coefficient (Wildman–Crippen LogP) is 1.86. The second-order valence-electron chi connectivity index (χ2n) is 3.21. The lowest BCUT2D eigenvalue weighted by Crippen LogP contribution is -1.92. The van der Waals surface area contributed by atoms with E-state index in [0.717, 1.165) is 17.1 Å². The van der Waals surface area contributed by atoms with Crippen LogP contribution < -0.4 is 10.5 Å². The molecule has 0 spiro atoms. The van der Waals surface area contributed by atoms with E-state index in [9.17, 15) is 0 Å². The molecule has 78 valence electrons. The maximum Gasteiger partial charge on any atom is 0.167 e. The molecule has 0 aliphatic carbocycles. The third kappa shape index (κ3) is 2.10. The van der Waals surface area contributed by atoms with Crippen molar-refractivity contribution in [2.75, 3.05) is 12.8 Å². The fraction of sp³-hybridized carbons (Fsp3) is 0.182. The van der Waals surface area contributed by atoms with Gasteiger partial charge in [0.15, 0.2) is 5.82 Å². The number of hydrogen-bond acceptors (Lipinski definition) is 4. The highest BCUT2D eigenvalue weighted by Gasteiger charge is 2.06. The molecule has 1 aromatic heterocycles. The van der Waals surface area contributed by atoms with Crippen LogP contribution in [0.1, 0.15) is 11.3 Å². The summed E-state index contributed by atoms with van der Waals surface area (Å²) in [6, 6.07) is 9.49. The highest BCUT2D eigenvalue weighted by molar-refractivity contribution is 5.37. The van der Waals surface area contributed by atoms with E-state index < -0.39 is 0 Å². The van der Waals surface area contributed by atoms with Crippen LogP contribution in [0.2, 0.25) is 0 Å². The molecule has 15 heavy (non-hydrogen) atoms. The molecule has 0 unspecified atom stereocenters. The van der Waals surface area contributed by atoms with Gasteiger partial charge in [-0.1, -0.05) is 23.4 Å². The van der Waals surface area contributed by atoms with E-state index in [-0.39, 0.29) is 0 Å². The van der Waals surface area contributed by atoms with E-state index in [0.29, 0.717) is 12.2 Å². The average Bonchev–Trinajstić information content (AvgIpc) is 2.65. The monoisotopic (exact) mass is 204 g/mol.